The number of nitrogens with zero attached hydrogens (tertiary/aromatic N) is 1. The average molecular weight is 503 g/mol. The summed E-state index contributed by atoms with van der Waals surface area (Å²) in [5, 5.41) is 14.0. The van der Waals surface area contributed by atoms with Crippen LogP contribution in [0.2, 0.25) is 0 Å². The van der Waals surface area contributed by atoms with Crippen LogP contribution in [0, 0.1) is 0 Å². The van der Waals surface area contributed by atoms with Crippen LogP contribution >= 0.6 is 0 Å². The number of para-hydroxylation sites is 1. The van der Waals surface area contributed by atoms with Crippen molar-refractivity contribution in [2.45, 2.75) is 24.5 Å². The topological polar surface area (TPSA) is 105 Å². The Morgan fingerprint density at radius 2 is 1.54 bits per heavy atom. The quantitative estimate of drug-likeness (QED) is 0.434. The number of hydrogen-bond acceptors (Lipinski definition) is 7. The molecule has 37 heavy (non-hydrogen) atoms. The number of likely N-dealkylation sites (tertiary alicyclic amines) is 1. The maximum absolute atomic E-state index is 13.4. The van der Waals surface area contributed by atoms with E-state index in [2.05, 4.69) is 5.32 Å². The molecular weight excluding hydrogens is 472 g/mol. The normalized spacial score (nSPS) is 15.7. The fourth-order valence-electron chi connectivity index (χ4n) is 4.76. The molecule has 3 aromatic rings. The lowest BCUT2D eigenvalue weighted by molar-refractivity contribution is -0.142. The average Bonchev–Trinajstić information content (AvgIpc) is 3.41. The Labute approximate surface area is 215 Å². The number of Topliss-reactive ketones (excluding diaryl/α,β-unsaturated/α-hetero) is 1. The Morgan fingerprint density at radius 1 is 0.919 bits per heavy atom. The van der Waals surface area contributed by atoms with Crippen molar-refractivity contribution in [3.63, 3.8) is 0 Å². The number of imide groups is 1. The highest BCUT2D eigenvalue weighted by atomic mass is 16.5. The first-order valence-electron chi connectivity index (χ1n) is 12.1. The summed E-state index contributed by atoms with van der Waals surface area (Å²) in [5.74, 6) is -0.857. The standard InChI is InChI=1S/C29H30N2O6/c1-36-25-17-9-15-22(26(25)37-2)24(32)19-31-18-10-16-23(31)27(33)30-28(34)29(35,20-11-5-3-6-12-20)21-13-7-4-8-14-21/h3-9,11-15,17,23,35H,10,16,18-19H2,1-2H3,(H,30,33,34)/t23-/m0/s1. The van der Waals surface area contributed by atoms with Crippen molar-refractivity contribution in [2.75, 3.05) is 27.3 Å². The molecule has 2 amide bonds. The number of methoxy groups -OCH3 is 2. The molecule has 0 saturated carbocycles. The molecule has 1 aliphatic heterocycles. The van der Waals surface area contributed by atoms with Gasteiger partial charge in [0.15, 0.2) is 22.9 Å². The number of benzene rings is 3. The van der Waals surface area contributed by atoms with E-state index in [4.69, 9.17) is 9.47 Å². The minimum absolute atomic E-state index is 0.0303. The molecule has 2 N–H and O–H groups in total. The van der Waals surface area contributed by atoms with Gasteiger partial charge in [0.05, 0.1) is 32.4 Å². The fraction of sp³-hybridized carbons (Fsp3) is 0.276. The molecule has 1 aliphatic rings. The number of hydrogen-bond donors (Lipinski definition) is 2. The zero-order chi connectivity index (χ0) is 26.4. The van der Waals surface area contributed by atoms with E-state index >= 15 is 0 Å². The zero-order valence-corrected chi connectivity index (χ0v) is 20.8. The third kappa shape index (κ3) is 5.26. The van der Waals surface area contributed by atoms with E-state index in [9.17, 15) is 19.5 Å². The van der Waals surface area contributed by atoms with E-state index in [-0.39, 0.29) is 12.3 Å². The van der Waals surface area contributed by atoms with Gasteiger partial charge in [0.25, 0.3) is 5.91 Å². The van der Waals surface area contributed by atoms with Crippen LogP contribution in [0.15, 0.2) is 78.9 Å². The minimum atomic E-state index is -2.06. The van der Waals surface area contributed by atoms with E-state index in [1.807, 2.05) is 0 Å². The highest BCUT2D eigenvalue weighted by Gasteiger charge is 2.42. The van der Waals surface area contributed by atoms with E-state index in [1.165, 1.54) is 14.2 Å². The summed E-state index contributed by atoms with van der Waals surface area (Å²) in [6, 6.07) is 21.3. The van der Waals surface area contributed by atoms with Gasteiger partial charge in [-0.3, -0.25) is 24.6 Å². The second kappa shape index (κ2) is 11.4. The van der Waals surface area contributed by atoms with Crippen LogP contribution in [0.3, 0.4) is 0 Å². The summed E-state index contributed by atoms with van der Waals surface area (Å²) in [6.45, 7) is 0.489. The van der Waals surface area contributed by atoms with Crippen LogP contribution in [-0.2, 0) is 15.2 Å². The highest BCUT2D eigenvalue weighted by molar-refractivity contribution is 6.04. The molecule has 8 heteroatoms. The number of aliphatic hydroxyl groups is 1. The molecule has 0 bridgehead atoms. The Bertz CT molecular complexity index is 1220. The molecule has 0 radical (unpaired) electrons. The Balaban J connectivity index is 1.53. The SMILES string of the molecule is COc1cccc(C(=O)CN2CCC[C@H]2C(=O)NC(=O)C(O)(c2ccccc2)c2ccccc2)c1OC. The largest absolute Gasteiger partial charge is 0.493 e. The summed E-state index contributed by atoms with van der Waals surface area (Å²) in [5.41, 5.74) is -1.03. The summed E-state index contributed by atoms with van der Waals surface area (Å²) >= 11 is 0. The van der Waals surface area contributed by atoms with Crippen LogP contribution in [-0.4, -0.2) is 61.0 Å². The van der Waals surface area contributed by atoms with Gasteiger partial charge in [0, 0.05) is 0 Å². The van der Waals surface area contributed by atoms with Crippen molar-refractivity contribution in [3.8, 4) is 11.5 Å². The summed E-state index contributed by atoms with van der Waals surface area (Å²) in [7, 11) is 2.96. The number of rotatable bonds is 9. The van der Waals surface area contributed by atoms with Crippen molar-refractivity contribution in [1.29, 1.82) is 0 Å². The van der Waals surface area contributed by atoms with Crippen LogP contribution in [0.1, 0.15) is 34.3 Å². The van der Waals surface area contributed by atoms with Gasteiger partial charge in [0.2, 0.25) is 5.91 Å². The van der Waals surface area contributed by atoms with Crippen molar-refractivity contribution in [2.24, 2.45) is 0 Å². The minimum Gasteiger partial charge on any atom is -0.493 e. The number of carbonyl (C=O) groups is 3. The van der Waals surface area contributed by atoms with Gasteiger partial charge in [0.1, 0.15) is 0 Å². The van der Waals surface area contributed by atoms with Crippen molar-refractivity contribution >= 4 is 17.6 Å². The monoisotopic (exact) mass is 502 g/mol. The molecule has 4 rings (SSSR count). The predicted octanol–water partition coefficient (Wildman–Crippen LogP) is 2.93. The molecule has 1 heterocycles. The first-order valence-corrected chi connectivity index (χ1v) is 12.1. The molecule has 3 aromatic carbocycles. The molecule has 0 aromatic heterocycles. The van der Waals surface area contributed by atoms with Gasteiger partial charge in [-0.05, 0) is 42.6 Å². The van der Waals surface area contributed by atoms with Crippen LogP contribution in [0.25, 0.3) is 0 Å². The fourth-order valence-corrected chi connectivity index (χ4v) is 4.76. The smallest absolute Gasteiger partial charge is 0.267 e. The molecule has 0 aliphatic carbocycles. The van der Waals surface area contributed by atoms with E-state index in [0.29, 0.717) is 47.6 Å². The van der Waals surface area contributed by atoms with Crippen molar-refractivity contribution in [1.82, 2.24) is 10.2 Å². The van der Waals surface area contributed by atoms with Crippen molar-refractivity contribution in [3.05, 3.63) is 95.6 Å². The van der Waals surface area contributed by atoms with Gasteiger partial charge in [-0.25, -0.2) is 0 Å². The van der Waals surface area contributed by atoms with Crippen LogP contribution < -0.4 is 14.8 Å². The third-order valence-electron chi connectivity index (χ3n) is 6.66. The van der Waals surface area contributed by atoms with E-state index in [0.717, 1.165) is 0 Å². The lowest BCUT2D eigenvalue weighted by atomic mass is 9.85. The summed E-state index contributed by atoms with van der Waals surface area (Å²) in [4.78, 5) is 41.6. The Morgan fingerprint density at radius 3 is 2.11 bits per heavy atom. The number of amides is 2. The molecule has 1 fully saturated rings. The lowest BCUT2D eigenvalue weighted by Crippen LogP contribution is -2.53. The van der Waals surface area contributed by atoms with Crippen LogP contribution in [0.5, 0.6) is 11.5 Å². The van der Waals surface area contributed by atoms with Gasteiger partial charge < -0.3 is 14.6 Å². The Hall–Kier alpha value is -4.01. The Kier molecular flexibility index (Phi) is 8.01. The highest BCUT2D eigenvalue weighted by Crippen LogP contribution is 2.32. The molecule has 0 unspecified atom stereocenters. The van der Waals surface area contributed by atoms with Gasteiger partial charge in [-0.2, -0.15) is 0 Å². The number of carbonyl (C=O) groups excluding carboxylic acids is 3. The molecule has 1 saturated heterocycles. The first kappa shape index (κ1) is 26.1. The van der Waals surface area contributed by atoms with E-state index in [1.54, 1.807) is 83.8 Å². The number of nitrogens with one attached hydrogen (secondary N) is 1. The molecule has 192 valence electrons. The van der Waals surface area contributed by atoms with Gasteiger partial charge in [-0.15, -0.1) is 0 Å². The zero-order valence-electron chi connectivity index (χ0n) is 20.8. The lowest BCUT2D eigenvalue weighted by Gasteiger charge is -2.29. The van der Waals surface area contributed by atoms with E-state index < -0.39 is 23.5 Å². The maximum atomic E-state index is 13.4. The van der Waals surface area contributed by atoms with Crippen molar-refractivity contribution < 1.29 is 29.0 Å². The second-order valence-corrected chi connectivity index (χ2v) is 8.85. The molecule has 1 atom stereocenters. The third-order valence-corrected chi connectivity index (χ3v) is 6.66. The van der Waals surface area contributed by atoms with Gasteiger partial charge >= 0.3 is 0 Å². The number of ketones is 1. The molecule has 0 spiro atoms. The van der Waals surface area contributed by atoms with Crippen LogP contribution in [0.4, 0.5) is 0 Å². The first-order chi connectivity index (χ1) is 17.9. The second-order valence-electron chi connectivity index (χ2n) is 8.85. The molecular formula is C29H30N2O6. The maximum Gasteiger partial charge on any atom is 0.267 e. The molecule has 8 nitrogen and oxygen atoms in total. The van der Waals surface area contributed by atoms with Gasteiger partial charge in [-0.1, -0.05) is 66.7 Å². The number of ether oxygens (including phenoxy) is 2. The summed E-state index contributed by atoms with van der Waals surface area (Å²) in [6.07, 6.45) is 1.17. The summed E-state index contributed by atoms with van der Waals surface area (Å²) < 4.78 is 10.7. The predicted molar refractivity (Wildman–Crippen MR) is 138 cm³/mol.